The lowest BCUT2D eigenvalue weighted by atomic mass is 10.1. The van der Waals surface area contributed by atoms with Crippen LogP contribution >= 0.6 is 0 Å². The number of amides is 2. The molecule has 0 saturated heterocycles. The van der Waals surface area contributed by atoms with Crippen LogP contribution in [0.4, 0.5) is 4.79 Å². The highest BCUT2D eigenvalue weighted by molar-refractivity contribution is 5.75. The molecule has 98 valence electrons. The average molecular weight is 242 g/mol. The Kier molecular flexibility index (Phi) is 4.01. The number of carboxylic acids is 1. The maximum absolute atomic E-state index is 11.7. The lowest BCUT2D eigenvalue weighted by molar-refractivity contribution is -0.141. The molecule has 1 rings (SSSR count). The summed E-state index contributed by atoms with van der Waals surface area (Å²) in [6.45, 7) is 6.86. The Balaban J connectivity index is 2.25. The molecule has 0 aliphatic heterocycles. The van der Waals surface area contributed by atoms with E-state index >= 15 is 0 Å². The van der Waals surface area contributed by atoms with Gasteiger partial charge in [-0.2, -0.15) is 0 Å². The van der Waals surface area contributed by atoms with E-state index in [0.29, 0.717) is 17.9 Å². The van der Waals surface area contributed by atoms with Crippen molar-refractivity contribution in [2.24, 2.45) is 17.3 Å². The summed E-state index contributed by atoms with van der Waals surface area (Å²) in [4.78, 5) is 23.8. The van der Waals surface area contributed by atoms with Gasteiger partial charge in [0, 0.05) is 20.1 Å². The van der Waals surface area contributed by atoms with E-state index in [4.69, 9.17) is 5.11 Å². The Morgan fingerprint density at radius 1 is 1.53 bits per heavy atom. The summed E-state index contributed by atoms with van der Waals surface area (Å²) in [5, 5.41) is 11.6. The van der Waals surface area contributed by atoms with Gasteiger partial charge in [-0.05, 0) is 17.8 Å². The number of aliphatic carboxylic acids is 1. The molecule has 1 saturated carbocycles. The van der Waals surface area contributed by atoms with Crippen molar-refractivity contribution in [3.8, 4) is 0 Å². The lowest BCUT2D eigenvalue weighted by Gasteiger charge is -2.20. The average Bonchev–Trinajstić information content (AvgIpc) is 2.82. The van der Waals surface area contributed by atoms with Crippen LogP contribution in [0.5, 0.6) is 0 Å². The third-order valence-electron chi connectivity index (χ3n) is 3.53. The van der Waals surface area contributed by atoms with E-state index < -0.39 is 11.9 Å². The SMILES string of the molecule is CC(CN(C)C(=O)NCC1CC1(C)C)C(=O)O. The molecule has 0 aromatic heterocycles. The zero-order chi connectivity index (χ0) is 13.2. The van der Waals surface area contributed by atoms with Gasteiger partial charge in [-0.15, -0.1) is 0 Å². The summed E-state index contributed by atoms with van der Waals surface area (Å²) in [6, 6.07) is -0.194. The zero-order valence-electron chi connectivity index (χ0n) is 11.0. The molecule has 0 heterocycles. The number of nitrogens with zero attached hydrogens (tertiary/aromatic N) is 1. The van der Waals surface area contributed by atoms with Crippen LogP contribution in [0.25, 0.3) is 0 Å². The van der Waals surface area contributed by atoms with Crippen LogP contribution in [0.1, 0.15) is 27.2 Å². The number of nitrogens with one attached hydrogen (secondary N) is 1. The van der Waals surface area contributed by atoms with Crippen LogP contribution in [0.3, 0.4) is 0 Å². The second kappa shape index (κ2) is 4.94. The van der Waals surface area contributed by atoms with E-state index in [1.807, 2.05) is 0 Å². The molecule has 2 unspecified atom stereocenters. The van der Waals surface area contributed by atoms with E-state index in [1.165, 1.54) is 4.90 Å². The van der Waals surface area contributed by atoms with Gasteiger partial charge in [0.05, 0.1) is 5.92 Å². The maximum atomic E-state index is 11.7. The highest BCUT2D eigenvalue weighted by atomic mass is 16.4. The minimum atomic E-state index is -0.882. The maximum Gasteiger partial charge on any atom is 0.317 e. The van der Waals surface area contributed by atoms with Gasteiger partial charge in [-0.25, -0.2) is 4.79 Å². The second-order valence-electron chi connectivity index (χ2n) is 5.70. The van der Waals surface area contributed by atoms with E-state index in [0.717, 1.165) is 6.42 Å². The number of hydrogen-bond donors (Lipinski definition) is 2. The van der Waals surface area contributed by atoms with Gasteiger partial charge >= 0.3 is 12.0 Å². The topological polar surface area (TPSA) is 69.6 Å². The smallest absolute Gasteiger partial charge is 0.317 e. The summed E-state index contributed by atoms with van der Waals surface area (Å²) in [5.41, 5.74) is 0.347. The summed E-state index contributed by atoms with van der Waals surface area (Å²) in [6.07, 6.45) is 1.14. The van der Waals surface area contributed by atoms with Crippen LogP contribution < -0.4 is 5.32 Å². The number of carbonyl (C=O) groups is 2. The molecular formula is C12H22N2O3. The van der Waals surface area contributed by atoms with Crippen LogP contribution in [-0.2, 0) is 4.79 Å². The molecule has 17 heavy (non-hydrogen) atoms. The van der Waals surface area contributed by atoms with Crippen molar-refractivity contribution in [2.75, 3.05) is 20.1 Å². The fourth-order valence-electron chi connectivity index (χ4n) is 1.84. The number of urea groups is 1. The highest BCUT2D eigenvalue weighted by Crippen LogP contribution is 2.50. The molecule has 5 heteroatoms. The highest BCUT2D eigenvalue weighted by Gasteiger charge is 2.45. The van der Waals surface area contributed by atoms with E-state index in [9.17, 15) is 9.59 Å². The quantitative estimate of drug-likeness (QED) is 0.765. The Labute approximate surface area is 102 Å². The molecule has 1 fully saturated rings. The van der Waals surface area contributed by atoms with Crippen molar-refractivity contribution in [2.45, 2.75) is 27.2 Å². The minimum absolute atomic E-state index is 0.194. The van der Waals surface area contributed by atoms with Crippen molar-refractivity contribution in [1.29, 1.82) is 0 Å². The first-order chi connectivity index (χ1) is 7.74. The predicted octanol–water partition coefficient (Wildman–Crippen LogP) is 1.39. The molecule has 0 spiro atoms. The molecule has 2 N–H and O–H groups in total. The number of carboxylic acid groups (broad SMARTS) is 1. The van der Waals surface area contributed by atoms with Gasteiger partial charge in [0.2, 0.25) is 0 Å². The van der Waals surface area contributed by atoms with Crippen LogP contribution in [-0.4, -0.2) is 42.1 Å². The van der Waals surface area contributed by atoms with Gasteiger partial charge in [-0.1, -0.05) is 20.8 Å². The predicted molar refractivity (Wildman–Crippen MR) is 64.7 cm³/mol. The Morgan fingerprint density at radius 2 is 2.06 bits per heavy atom. The summed E-state index contributed by atoms with van der Waals surface area (Å²) in [7, 11) is 1.62. The zero-order valence-corrected chi connectivity index (χ0v) is 11.0. The van der Waals surface area contributed by atoms with Crippen molar-refractivity contribution in [3.63, 3.8) is 0 Å². The van der Waals surface area contributed by atoms with Gasteiger partial charge in [0.1, 0.15) is 0 Å². The van der Waals surface area contributed by atoms with E-state index in [2.05, 4.69) is 19.2 Å². The van der Waals surface area contributed by atoms with Gasteiger partial charge in [0.15, 0.2) is 0 Å². The number of carbonyl (C=O) groups excluding carboxylic acids is 1. The van der Waals surface area contributed by atoms with Crippen molar-refractivity contribution in [1.82, 2.24) is 10.2 Å². The second-order valence-corrected chi connectivity index (χ2v) is 5.70. The first kappa shape index (κ1) is 13.8. The molecule has 0 radical (unpaired) electrons. The Bertz CT molecular complexity index is 315. The molecular weight excluding hydrogens is 220 g/mol. The minimum Gasteiger partial charge on any atom is -0.481 e. The molecule has 2 amide bonds. The molecule has 1 aliphatic rings. The molecule has 0 aromatic rings. The summed E-state index contributed by atoms with van der Waals surface area (Å²) < 4.78 is 0. The normalized spacial score (nSPS) is 22.7. The lowest BCUT2D eigenvalue weighted by Crippen LogP contribution is -2.41. The van der Waals surface area contributed by atoms with E-state index in [-0.39, 0.29) is 12.6 Å². The molecule has 5 nitrogen and oxygen atoms in total. The molecule has 0 aromatic carbocycles. The number of hydrogen-bond acceptors (Lipinski definition) is 2. The third kappa shape index (κ3) is 3.91. The van der Waals surface area contributed by atoms with Gasteiger partial charge in [-0.3, -0.25) is 4.79 Å². The molecule has 1 aliphatic carbocycles. The Morgan fingerprint density at radius 3 is 2.47 bits per heavy atom. The van der Waals surface area contributed by atoms with E-state index in [1.54, 1.807) is 14.0 Å². The van der Waals surface area contributed by atoms with Crippen molar-refractivity contribution < 1.29 is 14.7 Å². The standard InChI is InChI=1S/C12H22N2O3/c1-8(10(15)16)7-14(4)11(17)13-6-9-5-12(9,2)3/h8-9H,5-7H2,1-4H3,(H,13,17)(H,15,16). The Hall–Kier alpha value is -1.26. The van der Waals surface area contributed by atoms with Gasteiger partial charge < -0.3 is 15.3 Å². The third-order valence-corrected chi connectivity index (χ3v) is 3.53. The fourth-order valence-corrected chi connectivity index (χ4v) is 1.84. The van der Waals surface area contributed by atoms with Crippen molar-refractivity contribution in [3.05, 3.63) is 0 Å². The van der Waals surface area contributed by atoms with Crippen LogP contribution in [0.2, 0.25) is 0 Å². The van der Waals surface area contributed by atoms with Crippen LogP contribution in [0, 0.1) is 17.3 Å². The fraction of sp³-hybridized carbons (Fsp3) is 0.833. The molecule has 0 bridgehead atoms. The summed E-state index contributed by atoms with van der Waals surface area (Å²) >= 11 is 0. The number of rotatable bonds is 5. The van der Waals surface area contributed by atoms with Crippen LogP contribution in [0.15, 0.2) is 0 Å². The first-order valence-corrected chi connectivity index (χ1v) is 5.96. The van der Waals surface area contributed by atoms with Crippen molar-refractivity contribution >= 4 is 12.0 Å². The molecule has 2 atom stereocenters. The van der Waals surface area contributed by atoms with Gasteiger partial charge in [0.25, 0.3) is 0 Å². The summed E-state index contributed by atoms with van der Waals surface area (Å²) in [5.74, 6) is -0.868. The largest absolute Gasteiger partial charge is 0.481 e. The monoisotopic (exact) mass is 242 g/mol. The first-order valence-electron chi connectivity index (χ1n) is 5.96.